The zero-order valence-corrected chi connectivity index (χ0v) is 13.2. The van der Waals surface area contributed by atoms with Crippen molar-refractivity contribution < 1.29 is 9.32 Å². The normalized spacial score (nSPS) is 10.3. The zero-order valence-electron chi connectivity index (χ0n) is 13.2. The number of carbonyl (C=O) groups excluding carboxylic acids is 1. The molecule has 0 aliphatic rings. The molecule has 0 radical (unpaired) electrons. The highest BCUT2D eigenvalue weighted by Crippen LogP contribution is 2.17. The summed E-state index contributed by atoms with van der Waals surface area (Å²) in [6.07, 6.45) is 1.37. The molecule has 8 nitrogen and oxygen atoms in total. The third-order valence-corrected chi connectivity index (χ3v) is 3.40. The Morgan fingerprint density at radius 2 is 2.09 bits per heavy atom. The average molecular weight is 316 g/mol. The Morgan fingerprint density at radius 3 is 2.70 bits per heavy atom. The van der Waals surface area contributed by atoms with E-state index in [1.165, 1.54) is 0 Å². The first kappa shape index (κ1) is 16.5. The maximum Gasteiger partial charge on any atom is 0.251 e. The monoisotopic (exact) mass is 316 g/mol. The second-order valence-electron chi connectivity index (χ2n) is 5.08. The molecule has 23 heavy (non-hydrogen) atoms. The van der Waals surface area contributed by atoms with E-state index < -0.39 is 0 Å². The number of guanidine groups is 1. The van der Waals surface area contributed by atoms with Gasteiger partial charge in [0.1, 0.15) is 0 Å². The van der Waals surface area contributed by atoms with Crippen molar-refractivity contribution in [1.29, 1.82) is 5.41 Å². The van der Waals surface area contributed by atoms with Gasteiger partial charge in [-0.3, -0.25) is 10.2 Å². The maximum absolute atomic E-state index is 11.5. The number of aromatic nitrogens is 2. The molecule has 0 unspecified atom stereocenters. The number of nitrogens with one attached hydrogen (secondary N) is 2. The largest absolute Gasteiger partial charge is 0.370 e. The summed E-state index contributed by atoms with van der Waals surface area (Å²) < 4.78 is 5.22. The Kier molecular flexibility index (Phi) is 5.29. The fourth-order valence-corrected chi connectivity index (χ4v) is 1.98. The van der Waals surface area contributed by atoms with Gasteiger partial charge < -0.3 is 20.5 Å². The molecule has 122 valence electrons. The topological polar surface area (TPSA) is 121 Å². The third kappa shape index (κ3) is 4.29. The summed E-state index contributed by atoms with van der Waals surface area (Å²) in [5.41, 5.74) is 6.73. The number of hydrogen-bond acceptors (Lipinski definition) is 5. The molecule has 8 heteroatoms. The highest BCUT2D eigenvalue weighted by molar-refractivity contribution is 5.94. The van der Waals surface area contributed by atoms with Crippen LogP contribution in [0, 0.1) is 5.41 Å². The average Bonchev–Trinajstić information content (AvgIpc) is 3.03. The van der Waals surface area contributed by atoms with Crippen LogP contribution < -0.4 is 11.1 Å². The minimum atomic E-state index is -0.139. The second kappa shape index (κ2) is 7.39. The summed E-state index contributed by atoms with van der Waals surface area (Å²) in [4.78, 5) is 17.5. The number of hydrogen-bond donors (Lipinski definition) is 3. The second-order valence-corrected chi connectivity index (χ2v) is 5.08. The van der Waals surface area contributed by atoms with Gasteiger partial charge in [-0.25, -0.2) is 0 Å². The molecule has 1 aromatic carbocycles. The van der Waals surface area contributed by atoms with Gasteiger partial charge in [0.15, 0.2) is 5.96 Å². The lowest BCUT2D eigenvalue weighted by atomic mass is 10.1. The van der Waals surface area contributed by atoms with Crippen molar-refractivity contribution in [2.75, 3.05) is 20.6 Å². The summed E-state index contributed by atoms with van der Waals surface area (Å²) >= 11 is 0. The third-order valence-electron chi connectivity index (χ3n) is 3.40. The molecule has 0 saturated heterocycles. The minimum Gasteiger partial charge on any atom is -0.370 e. The Labute approximate surface area is 134 Å². The number of aryl methyl sites for hydroxylation is 1. The lowest BCUT2D eigenvalue weighted by Gasteiger charge is -2.15. The number of amides is 1. The number of nitrogens with zero attached hydrogens (tertiary/aromatic N) is 3. The van der Waals surface area contributed by atoms with E-state index in [1.54, 1.807) is 43.3 Å². The van der Waals surface area contributed by atoms with E-state index in [1.807, 2.05) is 0 Å². The summed E-state index contributed by atoms with van der Waals surface area (Å²) in [6, 6.07) is 6.99. The predicted octanol–water partition coefficient (Wildman–Crippen LogP) is 0.854. The van der Waals surface area contributed by atoms with Gasteiger partial charge in [0.05, 0.1) is 0 Å². The fourth-order valence-electron chi connectivity index (χ4n) is 1.98. The summed E-state index contributed by atoms with van der Waals surface area (Å²) in [5.74, 6) is 0.920. The summed E-state index contributed by atoms with van der Waals surface area (Å²) in [6.45, 7) is 0.647. The van der Waals surface area contributed by atoms with E-state index in [-0.39, 0.29) is 11.9 Å². The van der Waals surface area contributed by atoms with Gasteiger partial charge in [-0.05, 0) is 18.6 Å². The molecule has 0 bridgehead atoms. The Hall–Kier alpha value is -2.90. The minimum absolute atomic E-state index is 0.0347. The molecule has 4 N–H and O–H groups in total. The molecular formula is C15H20N6O2. The van der Waals surface area contributed by atoms with Crippen LogP contribution in [-0.2, 0) is 6.42 Å². The van der Waals surface area contributed by atoms with Crippen LogP contribution in [0.2, 0.25) is 0 Å². The van der Waals surface area contributed by atoms with Crippen molar-refractivity contribution in [3.05, 3.63) is 35.7 Å². The molecule has 0 fully saturated rings. The van der Waals surface area contributed by atoms with Crippen LogP contribution in [0.3, 0.4) is 0 Å². The van der Waals surface area contributed by atoms with Gasteiger partial charge >= 0.3 is 0 Å². The van der Waals surface area contributed by atoms with E-state index in [4.69, 9.17) is 15.7 Å². The standard InChI is InChI=1S/C15H20N6O2/c1-18-14(22)11-7-5-10(6-8-11)13-19-12(23-20-13)4-3-9-21(2)15(16)17/h5-8H,3-4,9H2,1-2H3,(H3,16,17)(H,18,22). The highest BCUT2D eigenvalue weighted by atomic mass is 16.5. The van der Waals surface area contributed by atoms with Crippen molar-refractivity contribution in [3.63, 3.8) is 0 Å². The molecule has 0 aliphatic carbocycles. The zero-order chi connectivity index (χ0) is 16.8. The Balaban J connectivity index is 1.96. The van der Waals surface area contributed by atoms with Crippen molar-refractivity contribution in [3.8, 4) is 11.4 Å². The molecule has 0 atom stereocenters. The van der Waals surface area contributed by atoms with Crippen LogP contribution in [0.4, 0.5) is 0 Å². The van der Waals surface area contributed by atoms with Gasteiger partial charge in [-0.2, -0.15) is 4.98 Å². The van der Waals surface area contributed by atoms with Gasteiger partial charge in [0.25, 0.3) is 5.91 Å². The molecule has 0 saturated carbocycles. The van der Waals surface area contributed by atoms with Gasteiger partial charge in [-0.15, -0.1) is 0 Å². The van der Waals surface area contributed by atoms with E-state index in [0.717, 1.165) is 12.0 Å². The molecule has 2 aromatic rings. The lowest BCUT2D eigenvalue weighted by Crippen LogP contribution is -2.33. The molecule has 1 amide bonds. The molecule has 0 spiro atoms. The number of benzene rings is 1. The Morgan fingerprint density at radius 1 is 1.39 bits per heavy atom. The van der Waals surface area contributed by atoms with E-state index in [0.29, 0.717) is 30.2 Å². The van der Waals surface area contributed by atoms with E-state index >= 15 is 0 Å². The molecule has 2 rings (SSSR count). The summed E-state index contributed by atoms with van der Waals surface area (Å²) in [7, 11) is 3.35. The number of carbonyl (C=O) groups is 1. The van der Waals surface area contributed by atoms with Gasteiger partial charge in [0, 0.05) is 38.2 Å². The lowest BCUT2D eigenvalue weighted by molar-refractivity contribution is 0.0963. The van der Waals surface area contributed by atoms with Crippen LogP contribution in [0.15, 0.2) is 28.8 Å². The number of nitrogens with two attached hydrogens (primary N) is 1. The van der Waals surface area contributed by atoms with Crippen molar-refractivity contribution >= 4 is 11.9 Å². The first-order valence-corrected chi connectivity index (χ1v) is 7.21. The van der Waals surface area contributed by atoms with Gasteiger partial charge in [-0.1, -0.05) is 17.3 Å². The van der Waals surface area contributed by atoms with Crippen molar-refractivity contribution in [1.82, 2.24) is 20.4 Å². The Bertz CT molecular complexity index is 680. The van der Waals surface area contributed by atoms with Crippen molar-refractivity contribution in [2.45, 2.75) is 12.8 Å². The van der Waals surface area contributed by atoms with Crippen LogP contribution in [-0.4, -0.2) is 47.5 Å². The van der Waals surface area contributed by atoms with E-state index in [9.17, 15) is 4.79 Å². The van der Waals surface area contributed by atoms with Crippen molar-refractivity contribution in [2.24, 2.45) is 5.73 Å². The fraction of sp³-hybridized carbons (Fsp3) is 0.333. The maximum atomic E-state index is 11.5. The van der Waals surface area contributed by atoms with E-state index in [2.05, 4.69) is 15.5 Å². The molecule has 0 aliphatic heterocycles. The predicted molar refractivity (Wildman–Crippen MR) is 86.0 cm³/mol. The first-order chi connectivity index (χ1) is 11.0. The van der Waals surface area contributed by atoms with Crippen LogP contribution in [0.1, 0.15) is 22.7 Å². The number of rotatable bonds is 6. The SMILES string of the molecule is CNC(=O)c1ccc(-c2noc(CCCN(C)C(=N)N)n2)cc1. The molecule has 1 heterocycles. The van der Waals surface area contributed by atoms with Gasteiger partial charge in [0.2, 0.25) is 11.7 Å². The first-order valence-electron chi connectivity index (χ1n) is 7.21. The molecular weight excluding hydrogens is 296 g/mol. The van der Waals surface area contributed by atoms with Crippen LogP contribution >= 0.6 is 0 Å². The summed E-state index contributed by atoms with van der Waals surface area (Å²) in [5, 5.41) is 13.8. The highest BCUT2D eigenvalue weighted by Gasteiger charge is 2.10. The smallest absolute Gasteiger partial charge is 0.251 e. The quantitative estimate of drug-likeness (QED) is 0.536. The van der Waals surface area contributed by atoms with Crippen LogP contribution in [0.5, 0.6) is 0 Å². The van der Waals surface area contributed by atoms with Crippen LogP contribution in [0.25, 0.3) is 11.4 Å². The molecule has 1 aromatic heterocycles.